The number of alkyl halides is 28. The molecule has 5 unspecified atom stereocenters. The van der Waals surface area contributed by atoms with E-state index >= 15 is 0 Å². The molecule has 5 aromatic carbocycles. The topological polar surface area (TPSA) is 489 Å². The molecule has 2 saturated heterocycles. The third-order valence-corrected chi connectivity index (χ3v) is 33.5. The molecule has 5 aromatic rings. The van der Waals surface area contributed by atoms with Gasteiger partial charge in [-0.25, -0.2) is 84.9 Å². The van der Waals surface area contributed by atoms with Crippen LogP contribution in [0, 0.1) is 58.8 Å². The molecule has 6 bridgehead atoms. The number of fused-ring (bicyclic) bond motifs is 5. The van der Waals surface area contributed by atoms with E-state index in [1.165, 1.54) is 31.4 Å². The summed E-state index contributed by atoms with van der Waals surface area (Å²) in [7, 11) is -53.4. The fourth-order valence-electron chi connectivity index (χ4n) is 16.5. The molecular weight excluding hydrogens is 2320 g/mol. The lowest BCUT2D eigenvalue weighted by molar-refractivity contribution is -0.333. The maximum Gasteiger partial charge on any atom is 0.485 e. The van der Waals surface area contributed by atoms with Crippen molar-refractivity contribution in [3.05, 3.63) is 148 Å². The Kier molecular flexibility index (Phi) is 38.3. The summed E-state index contributed by atoms with van der Waals surface area (Å²) in [6, 6.07) is 24.7. The summed E-state index contributed by atoms with van der Waals surface area (Å²) in [4.78, 5) is 9.18. The van der Waals surface area contributed by atoms with Gasteiger partial charge < -0.3 is 45.9 Å². The van der Waals surface area contributed by atoms with Crippen LogP contribution in [-0.2, 0) is 115 Å². The molecule has 8 fully saturated rings. The average molecular weight is 2400 g/mol. The zero-order valence-corrected chi connectivity index (χ0v) is 84.2. The van der Waals surface area contributed by atoms with Gasteiger partial charge in [-0.2, -0.15) is 136 Å². The van der Waals surface area contributed by atoms with Crippen LogP contribution in [0.25, 0.3) is 0 Å². The zero-order valence-electron chi connectivity index (χ0n) is 76.8. The molecule has 71 heteroatoms. The number of ether oxygens (including phenoxy) is 4. The first-order valence-electron chi connectivity index (χ1n) is 41.7. The molecule has 0 N–H and O–H groups in total. The number of esters is 1. The molecule has 0 amide bonds. The number of carbonyl (C=O) groups excluding carboxylic acids is 1. The van der Waals surface area contributed by atoms with Gasteiger partial charge in [0.2, 0.25) is 23.2 Å². The second-order valence-electron chi connectivity index (χ2n) is 35.7. The standard InChI is InChI=1S/C22H20F4O5S.C19H26F6O3S.C14H20F2O2.C13H8F4O6S2.C7H9F6NO7S3.C3HF7O3S.CHF3O3S/c23-21(24,22(25,26)32(27,28)29)17-12-13-11-16(17)19-18(13)30-20(31-19,14-7-3-1-4-8-14)15-9-5-2-6-10-15;1-10(2)13-8-14(11(3)4)16(15(9-13)12(5)6)28-29(26,27)19(24,25)18(22,23)17(7,20)21;1-13(15,16)8-12(17)18-14-5-9-2-10(6-14)4-11(3-9)7-14;1-24(18,19)7-4-2-6(3-5-7)23-12-8(14)10(16)13(25(20,21)22)11(17)9(12)15;8-5(9,7(12,13)24(19,20)21)6(10,11)23(17,18)14-1-3-22(15,16)4-2-14;4-1(5,2(6,7)8)3(9,10)14(11,12)13;2-1(3,4)8(5,6)7/h1-10,13,16-19H,11-12H2,(H,27,28,29);8-12H,1-7H3;9-11H,2-8H2,1H3;2-5H,1H3,(H,20,21,22);1-4H2,(H,19,20,21);(H,11,12,13);(H,5,6,7)/p-5. The van der Waals surface area contributed by atoms with Gasteiger partial charge in [0, 0.05) is 43.3 Å². The number of carbonyl (C=O) groups is 1. The fraction of sp³-hybridized carbons (Fsp3) is 0.608. The van der Waals surface area contributed by atoms with Crippen LogP contribution >= 0.6 is 0 Å². The number of sulfone groups is 2. The molecule has 13 rings (SSSR count). The van der Waals surface area contributed by atoms with Gasteiger partial charge in [0.15, 0.2) is 71.8 Å². The SMILES string of the molecule is CC(C)c1cc(C(C)C)c(OS(=O)(=O)C(F)(F)C(F)(F)C(C)(F)F)c(C(C)C)c1.CC(F)(F)CC(=O)OC12CC3CC(CC(C3)C1)C2.CS(=O)(=O)c1ccc(Oc2c(F)c(F)c(S(=O)(=O)[O-])c(F)c2F)cc1.O=S(=O)([O-])C(F)(F)C(F)(F)C(F)(F)F.O=S(=O)([O-])C(F)(F)C(F)(F)C1CC2CC1C1OC(c3ccccc3)(c3ccccc3)OC21.O=S(=O)([O-])C(F)(F)F.O=S1(=O)CCN(S(=O)(=O)C(F)(F)C(F)(F)C(F)(F)S(=O)(=O)[O-])CC1. The lowest BCUT2D eigenvalue weighted by Gasteiger charge is -2.55. The average Bonchev–Trinajstić information content (AvgIpc) is 1.48. The van der Waals surface area contributed by atoms with E-state index in [1.54, 1.807) is 88.4 Å². The molecule has 858 valence electrons. The summed E-state index contributed by atoms with van der Waals surface area (Å²) < 4.78 is 681. The Labute approximate surface area is 832 Å². The van der Waals surface area contributed by atoms with Crippen molar-refractivity contribution in [2.45, 2.75) is 238 Å². The van der Waals surface area contributed by atoms with E-state index in [9.17, 15) is 231 Å². The molecule has 30 nitrogen and oxygen atoms in total. The summed E-state index contributed by atoms with van der Waals surface area (Å²) in [5.74, 6) is -52.1. The molecule has 0 spiro atoms. The largest absolute Gasteiger partial charge is 0.744 e. The molecular formula is C79H80F32NO29S9-5. The highest BCUT2D eigenvalue weighted by Crippen LogP contribution is 2.65. The second kappa shape index (κ2) is 44.0. The van der Waals surface area contributed by atoms with Crippen molar-refractivity contribution in [1.29, 1.82) is 0 Å². The molecule has 6 aliphatic carbocycles. The second-order valence-corrected chi connectivity index (χ2v) is 50.6. The number of benzene rings is 5. The molecule has 0 aromatic heterocycles. The van der Waals surface area contributed by atoms with Crippen LogP contribution in [0.4, 0.5) is 140 Å². The lowest BCUT2D eigenvalue weighted by atomic mass is 9.54. The molecule has 0 radical (unpaired) electrons. The Bertz CT molecular complexity index is 6680. The zero-order chi connectivity index (χ0) is 117. The Balaban J connectivity index is 0.000000274. The maximum absolute atomic E-state index is 14.7. The minimum absolute atomic E-state index is 0.000199. The first kappa shape index (κ1) is 131. The number of rotatable bonds is 27. The summed E-state index contributed by atoms with van der Waals surface area (Å²) in [6.07, 6.45) is -2.07. The van der Waals surface area contributed by atoms with E-state index in [2.05, 4.69) is 8.92 Å². The summed E-state index contributed by atoms with van der Waals surface area (Å²) >= 11 is 0. The van der Waals surface area contributed by atoms with Crippen LogP contribution in [0.2, 0.25) is 0 Å². The van der Waals surface area contributed by atoms with E-state index in [0.717, 1.165) is 62.3 Å². The molecule has 6 saturated carbocycles. The van der Waals surface area contributed by atoms with Gasteiger partial charge >= 0.3 is 83.7 Å². The van der Waals surface area contributed by atoms with Gasteiger partial charge in [-0.1, -0.05) is 114 Å². The highest BCUT2D eigenvalue weighted by Gasteiger charge is 2.82. The third-order valence-electron chi connectivity index (χ3n) is 23.4. The van der Waals surface area contributed by atoms with Crippen LogP contribution in [0.1, 0.15) is 159 Å². The van der Waals surface area contributed by atoms with Crippen molar-refractivity contribution in [3.8, 4) is 17.2 Å². The summed E-state index contributed by atoms with van der Waals surface area (Å²) in [6.45, 7) is 8.09. The molecule has 5 atom stereocenters. The number of hydrogen-bond donors (Lipinski definition) is 0. The molecule has 2 aliphatic heterocycles. The van der Waals surface area contributed by atoms with Crippen molar-refractivity contribution in [2.75, 3.05) is 30.9 Å². The quantitative estimate of drug-likeness (QED) is 0.0118. The number of nitrogens with zero attached hydrogens (tertiary/aromatic N) is 1. The molecule has 2 heterocycles. The highest BCUT2D eigenvalue weighted by atomic mass is 32.2. The van der Waals surface area contributed by atoms with Crippen molar-refractivity contribution < 1.29 is 267 Å². The predicted molar refractivity (Wildman–Crippen MR) is 443 cm³/mol. The van der Waals surface area contributed by atoms with E-state index in [1.807, 2.05) is 13.8 Å². The van der Waals surface area contributed by atoms with Gasteiger partial charge in [0.1, 0.15) is 38.5 Å². The highest BCUT2D eigenvalue weighted by molar-refractivity contribution is 7.92. The van der Waals surface area contributed by atoms with E-state index < -0.39 is 311 Å². The van der Waals surface area contributed by atoms with Gasteiger partial charge in [0.05, 0.1) is 28.6 Å². The van der Waals surface area contributed by atoms with E-state index in [0.29, 0.717) is 28.9 Å². The monoisotopic (exact) mass is 2400 g/mol. The Morgan fingerprint density at radius 3 is 1.17 bits per heavy atom. The maximum atomic E-state index is 14.7. The number of hydrogen-bond acceptors (Lipinski definition) is 29. The van der Waals surface area contributed by atoms with Crippen LogP contribution in [0.15, 0.2) is 107 Å². The van der Waals surface area contributed by atoms with E-state index in [4.69, 9.17) is 27.2 Å². The fourth-order valence-corrected chi connectivity index (χ4v) is 23.0. The van der Waals surface area contributed by atoms with Crippen LogP contribution in [-0.4, -0.2) is 231 Å². The summed E-state index contributed by atoms with van der Waals surface area (Å²) in [5.41, 5.74) is -3.63. The lowest BCUT2D eigenvalue weighted by Crippen LogP contribution is -2.64. The van der Waals surface area contributed by atoms with Gasteiger partial charge in [-0.05, 0) is 147 Å². The van der Waals surface area contributed by atoms with Crippen LogP contribution in [0.3, 0.4) is 0 Å². The van der Waals surface area contributed by atoms with Crippen molar-refractivity contribution in [2.24, 2.45) is 35.5 Å². The minimum Gasteiger partial charge on any atom is -0.744 e. The van der Waals surface area contributed by atoms with Crippen LogP contribution in [0.5, 0.6) is 17.2 Å². The van der Waals surface area contributed by atoms with Crippen molar-refractivity contribution >= 4 is 96.4 Å². The van der Waals surface area contributed by atoms with Crippen molar-refractivity contribution in [3.63, 3.8) is 0 Å². The third kappa shape index (κ3) is 27.3. The normalized spacial score (nSPS) is 22.2. The van der Waals surface area contributed by atoms with Gasteiger partial charge in [-0.15, -0.1) is 0 Å². The van der Waals surface area contributed by atoms with Gasteiger partial charge in [0.25, 0.3) is 15.9 Å². The minimum atomic E-state index is -7.34. The number of halogens is 32. The van der Waals surface area contributed by atoms with Crippen LogP contribution < -0.4 is 8.92 Å². The Hall–Kier alpha value is -7.84. The molecule has 8 aliphatic rings. The first-order valence-corrected chi connectivity index (χ1v) is 55.3. The van der Waals surface area contributed by atoms with E-state index in [-0.39, 0.29) is 34.8 Å². The Morgan fingerprint density at radius 1 is 0.467 bits per heavy atom. The van der Waals surface area contributed by atoms with Gasteiger partial charge in [-0.3, -0.25) is 4.79 Å². The Morgan fingerprint density at radius 2 is 0.847 bits per heavy atom. The molecule has 150 heavy (non-hydrogen) atoms. The summed E-state index contributed by atoms with van der Waals surface area (Å²) in [5, 5.41) is -32.2. The number of sulfonamides is 1. The smallest absolute Gasteiger partial charge is 0.485 e. The predicted octanol–water partition coefficient (Wildman–Crippen LogP) is 17.4. The first-order chi connectivity index (χ1) is 66.7. The van der Waals surface area contributed by atoms with Crippen molar-refractivity contribution in [1.82, 2.24) is 4.31 Å².